The van der Waals surface area contributed by atoms with E-state index in [9.17, 15) is 9.59 Å². The highest BCUT2D eigenvalue weighted by Gasteiger charge is 2.16. The molecule has 2 N–H and O–H groups in total. The van der Waals surface area contributed by atoms with Crippen LogP contribution in [0.1, 0.15) is 10.4 Å². The molecule has 1 aliphatic rings. The monoisotopic (exact) mass is 259 g/mol. The van der Waals surface area contributed by atoms with Gasteiger partial charge in [-0.15, -0.1) is 0 Å². The lowest BCUT2D eigenvalue weighted by Gasteiger charge is -2.05. The van der Waals surface area contributed by atoms with Gasteiger partial charge < -0.3 is 14.8 Å². The van der Waals surface area contributed by atoms with Gasteiger partial charge in [-0.05, 0) is 24.3 Å². The smallest absolute Gasteiger partial charge is 0.346 e. The summed E-state index contributed by atoms with van der Waals surface area (Å²) in [5.41, 5.74) is -0.120. The van der Waals surface area contributed by atoms with E-state index in [1.165, 1.54) is 12.3 Å². The van der Waals surface area contributed by atoms with Gasteiger partial charge in [0.1, 0.15) is 5.82 Å². The maximum absolute atomic E-state index is 12.0. The van der Waals surface area contributed by atoms with Crippen LogP contribution in [0, 0.1) is 0 Å². The number of hydrogen-bond acceptors (Lipinski definition) is 5. The molecule has 0 aliphatic carbocycles. The fourth-order valence-electron chi connectivity index (χ4n) is 1.67. The first kappa shape index (κ1) is 11.3. The number of hydrogen-bond donors (Lipinski definition) is 2. The number of ether oxygens (including phenoxy) is 2. The Labute approximate surface area is 107 Å². The Kier molecular flexibility index (Phi) is 2.64. The highest BCUT2D eigenvalue weighted by Crippen LogP contribution is 2.32. The Hall–Kier alpha value is -2.83. The number of carbonyl (C=O) groups is 1. The lowest BCUT2D eigenvalue weighted by molar-refractivity contribution is 0.102. The second kappa shape index (κ2) is 4.45. The lowest BCUT2D eigenvalue weighted by atomic mass is 10.2. The number of benzene rings is 1. The maximum atomic E-state index is 12.0. The number of anilines is 1. The van der Waals surface area contributed by atoms with Crippen LogP contribution < -0.4 is 20.5 Å². The van der Waals surface area contributed by atoms with Crippen LogP contribution in [0.2, 0.25) is 0 Å². The molecule has 0 atom stereocenters. The van der Waals surface area contributed by atoms with Crippen LogP contribution in [0.15, 0.2) is 35.3 Å². The van der Waals surface area contributed by atoms with Crippen LogP contribution in [0.3, 0.4) is 0 Å². The van der Waals surface area contributed by atoms with Crippen LogP contribution in [0.5, 0.6) is 11.5 Å². The maximum Gasteiger partial charge on any atom is 0.346 e. The van der Waals surface area contributed by atoms with E-state index in [1.807, 2.05) is 0 Å². The lowest BCUT2D eigenvalue weighted by Crippen LogP contribution is -2.17. The van der Waals surface area contributed by atoms with Crippen molar-refractivity contribution >= 4 is 11.7 Å². The quantitative estimate of drug-likeness (QED) is 0.830. The van der Waals surface area contributed by atoms with Crippen molar-refractivity contribution in [3.05, 3.63) is 46.5 Å². The van der Waals surface area contributed by atoms with Crippen molar-refractivity contribution in [2.24, 2.45) is 0 Å². The van der Waals surface area contributed by atoms with Crippen molar-refractivity contribution in [2.45, 2.75) is 0 Å². The second-order valence-corrected chi connectivity index (χ2v) is 3.81. The van der Waals surface area contributed by atoms with E-state index in [0.29, 0.717) is 17.1 Å². The first-order valence-corrected chi connectivity index (χ1v) is 5.49. The fraction of sp³-hybridized carbons (Fsp3) is 0.0833. The first-order chi connectivity index (χ1) is 9.22. The third kappa shape index (κ3) is 2.25. The first-order valence-electron chi connectivity index (χ1n) is 5.49. The molecular formula is C12H9N3O4. The molecule has 1 aliphatic heterocycles. The van der Waals surface area contributed by atoms with Crippen molar-refractivity contribution in [3.8, 4) is 11.5 Å². The van der Waals surface area contributed by atoms with Gasteiger partial charge in [0.2, 0.25) is 6.79 Å². The summed E-state index contributed by atoms with van der Waals surface area (Å²) in [6, 6.07) is 6.35. The van der Waals surface area contributed by atoms with E-state index in [4.69, 9.17) is 9.47 Å². The molecule has 7 nitrogen and oxygen atoms in total. The van der Waals surface area contributed by atoms with E-state index >= 15 is 0 Å². The van der Waals surface area contributed by atoms with Crippen molar-refractivity contribution < 1.29 is 14.3 Å². The number of aromatic nitrogens is 2. The Bertz CT molecular complexity index is 695. The number of aromatic amines is 1. The van der Waals surface area contributed by atoms with Crippen LogP contribution in [-0.2, 0) is 0 Å². The molecule has 2 aromatic rings. The number of carbonyl (C=O) groups excluding carboxylic acids is 1. The Morgan fingerprint density at radius 2 is 2.11 bits per heavy atom. The zero-order chi connectivity index (χ0) is 13.2. The van der Waals surface area contributed by atoms with Crippen LogP contribution in [0.25, 0.3) is 0 Å². The van der Waals surface area contributed by atoms with E-state index in [2.05, 4.69) is 15.3 Å². The number of amides is 1. The normalized spacial score (nSPS) is 12.2. The van der Waals surface area contributed by atoms with Crippen molar-refractivity contribution in [1.29, 1.82) is 0 Å². The summed E-state index contributed by atoms with van der Waals surface area (Å²) in [6.07, 6.45) is 1.31. The van der Waals surface area contributed by atoms with Gasteiger partial charge in [0.15, 0.2) is 11.5 Å². The van der Waals surface area contributed by atoms with Gasteiger partial charge in [0, 0.05) is 11.8 Å². The topological polar surface area (TPSA) is 93.3 Å². The van der Waals surface area contributed by atoms with Crippen molar-refractivity contribution in [3.63, 3.8) is 0 Å². The number of fused-ring (bicyclic) bond motifs is 1. The summed E-state index contributed by atoms with van der Waals surface area (Å²) in [6.45, 7) is 0.151. The van der Waals surface area contributed by atoms with Crippen molar-refractivity contribution in [1.82, 2.24) is 9.97 Å². The molecule has 0 saturated heterocycles. The average Bonchev–Trinajstić information content (AvgIpc) is 2.85. The van der Waals surface area contributed by atoms with E-state index in [-0.39, 0.29) is 18.5 Å². The molecule has 1 aromatic heterocycles. The molecule has 0 saturated carbocycles. The van der Waals surface area contributed by atoms with Gasteiger partial charge in [0.05, 0.1) is 0 Å². The molecular weight excluding hydrogens is 250 g/mol. The molecule has 1 aromatic carbocycles. The SMILES string of the molecule is O=C(Nc1ccnc(=O)[nH]1)c1ccc2c(c1)OCO2. The fourth-order valence-corrected chi connectivity index (χ4v) is 1.67. The summed E-state index contributed by atoms with van der Waals surface area (Å²) in [5, 5.41) is 2.56. The summed E-state index contributed by atoms with van der Waals surface area (Å²) >= 11 is 0. The minimum Gasteiger partial charge on any atom is -0.454 e. The van der Waals surface area contributed by atoms with Gasteiger partial charge in [-0.2, -0.15) is 0 Å². The van der Waals surface area contributed by atoms with Gasteiger partial charge in [-0.25, -0.2) is 9.78 Å². The molecule has 1 amide bonds. The largest absolute Gasteiger partial charge is 0.454 e. The standard InChI is InChI=1S/C12H9N3O4/c16-11(14-10-3-4-13-12(17)15-10)7-1-2-8-9(5-7)19-6-18-8/h1-5H,6H2,(H2,13,14,15,16,17). The number of H-pyrrole nitrogens is 1. The third-order valence-electron chi connectivity index (χ3n) is 2.56. The summed E-state index contributed by atoms with van der Waals surface area (Å²) in [5.74, 6) is 1.05. The molecule has 19 heavy (non-hydrogen) atoms. The molecule has 0 radical (unpaired) electrons. The predicted molar refractivity (Wildman–Crippen MR) is 65.4 cm³/mol. The molecule has 0 unspecified atom stereocenters. The number of nitrogens with one attached hydrogen (secondary N) is 2. The molecule has 0 fully saturated rings. The molecule has 2 heterocycles. The Morgan fingerprint density at radius 1 is 1.26 bits per heavy atom. The Morgan fingerprint density at radius 3 is 2.95 bits per heavy atom. The summed E-state index contributed by atoms with van der Waals surface area (Å²) in [7, 11) is 0. The molecule has 7 heteroatoms. The summed E-state index contributed by atoms with van der Waals surface area (Å²) in [4.78, 5) is 28.9. The van der Waals surface area contributed by atoms with Gasteiger partial charge in [0.25, 0.3) is 5.91 Å². The van der Waals surface area contributed by atoms with E-state index < -0.39 is 5.69 Å². The molecule has 0 spiro atoms. The van der Waals surface area contributed by atoms with Gasteiger partial charge in [-0.3, -0.25) is 9.78 Å². The van der Waals surface area contributed by atoms with Crippen LogP contribution in [0.4, 0.5) is 5.82 Å². The summed E-state index contributed by atoms with van der Waals surface area (Å²) < 4.78 is 10.3. The molecule has 96 valence electrons. The minimum atomic E-state index is -0.525. The molecule has 0 bridgehead atoms. The minimum absolute atomic E-state index is 0.151. The Balaban J connectivity index is 1.82. The zero-order valence-corrected chi connectivity index (χ0v) is 9.67. The second-order valence-electron chi connectivity index (χ2n) is 3.81. The van der Waals surface area contributed by atoms with Crippen molar-refractivity contribution in [2.75, 3.05) is 12.1 Å². The number of rotatable bonds is 2. The average molecular weight is 259 g/mol. The highest BCUT2D eigenvalue weighted by molar-refractivity contribution is 6.04. The van der Waals surface area contributed by atoms with Crippen LogP contribution >= 0.6 is 0 Å². The van der Waals surface area contributed by atoms with Gasteiger partial charge in [-0.1, -0.05) is 0 Å². The predicted octanol–water partition coefficient (Wildman–Crippen LogP) is 0.751. The third-order valence-corrected chi connectivity index (χ3v) is 2.56. The highest BCUT2D eigenvalue weighted by atomic mass is 16.7. The van der Waals surface area contributed by atoms with Gasteiger partial charge >= 0.3 is 5.69 Å². The molecule has 3 rings (SSSR count). The van der Waals surface area contributed by atoms with E-state index in [0.717, 1.165) is 0 Å². The van der Waals surface area contributed by atoms with Crippen LogP contribution in [-0.4, -0.2) is 22.7 Å². The zero-order valence-electron chi connectivity index (χ0n) is 9.67. The van der Waals surface area contributed by atoms with E-state index in [1.54, 1.807) is 18.2 Å². The number of nitrogens with zero attached hydrogens (tertiary/aromatic N) is 1.